The van der Waals surface area contributed by atoms with Crippen molar-refractivity contribution in [2.45, 2.75) is 31.9 Å². The number of esters is 1. The molecule has 0 bridgehead atoms. The van der Waals surface area contributed by atoms with Gasteiger partial charge in [0.1, 0.15) is 6.61 Å². The molecule has 0 N–H and O–H groups in total. The van der Waals surface area contributed by atoms with Gasteiger partial charge in [-0.1, -0.05) is 49.1 Å². The zero-order chi connectivity index (χ0) is 15.2. The van der Waals surface area contributed by atoms with Gasteiger partial charge in [0.05, 0.1) is 14.0 Å². The largest absolute Gasteiger partial charge is 0.458 e. The summed E-state index contributed by atoms with van der Waals surface area (Å²) in [5.41, 5.74) is 0.981. The molecule has 0 saturated heterocycles. The standard InChI is InChI=1S/C17H21BO3/c1-12-14(10-15(18)17(12)20-2)8-9-16(19)21-11-13-6-4-3-5-7-13/h3-9,12,14-15,17H,10-11H2,1-2H3/b9-8+/t12-,14+,15-,17-/m1/s1. The van der Waals surface area contributed by atoms with Crippen LogP contribution < -0.4 is 0 Å². The first kappa shape index (κ1) is 15.8. The normalized spacial score (nSPS) is 28.9. The number of carbonyl (C=O) groups is 1. The van der Waals surface area contributed by atoms with Crippen LogP contribution in [-0.2, 0) is 20.9 Å². The number of hydrogen-bond donors (Lipinski definition) is 0. The van der Waals surface area contributed by atoms with Gasteiger partial charge in [0.2, 0.25) is 0 Å². The van der Waals surface area contributed by atoms with Crippen molar-refractivity contribution >= 4 is 13.8 Å². The van der Waals surface area contributed by atoms with Crippen molar-refractivity contribution in [3.8, 4) is 0 Å². The first-order valence-corrected chi connectivity index (χ1v) is 7.29. The Hall–Kier alpha value is -1.55. The minimum Gasteiger partial charge on any atom is -0.458 e. The molecule has 4 atom stereocenters. The van der Waals surface area contributed by atoms with Crippen molar-refractivity contribution in [1.82, 2.24) is 0 Å². The number of rotatable bonds is 5. The van der Waals surface area contributed by atoms with E-state index >= 15 is 0 Å². The summed E-state index contributed by atoms with van der Waals surface area (Å²) in [6, 6.07) is 9.63. The zero-order valence-corrected chi connectivity index (χ0v) is 12.6. The van der Waals surface area contributed by atoms with Crippen LogP contribution in [0, 0.1) is 11.8 Å². The van der Waals surface area contributed by atoms with Gasteiger partial charge in [-0.2, -0.15) is 0 Å². The second-order valence-corrected chi connectivity index (χ2v) is 5.58. The molecule has 1 fully saturated rings. The Kier molecular flexibility index (Phi) is 5.63. The number of ether oxygens (including phenoxy) is 2. The third-order valence-electron chi connectivity index (χ3n) is 4.14. The maximum absolute atomic E-state index is 11.7. The van der Waals surface area contributed by atoms with Crippen LogP contribution in [0.4, 0.5) is 0 Å². The molecule has 0 unspecified atom stereocenters. The van der Waals surface area contributed by atoms with Crippen molar-refractivity contribution in [1.29, 1.82) is 0 Å². The molecule has 1 aliphatic carbocycles. The summed E-state index contributed by atoms with van der Waals surface area (Å²) in [6.45, 7) is 2.40. The molecule has 1 saturated carbocycles. The number of methoxy groups -OCH3 is 1. The van der Waals surface area contributed by atoms with Crippen molar-refractivity contribution in [3.63, 3.8) is 0 Å². The molecule has 4 heteroatoms. The van der Waals surface area contributed by atoms with Crippen LogP contribution in [0.2, 0.25) is 5.82 Å². The highest BCUT2D eigenvalue weighted by Crippen LogP contribution is 2.40. The Bertz CT molecular complexity index is 486. The van der Waals surface area contributed by atoms with Crippen LogP contribution in [0.15, 0.2) is 42.5 Å². The van der Waals surface area contributed by atoms with E-state index in [2.05, 4.69) is 6.92 Å². The number of hydrogen-bond acceptors (Lipinski definition) is 3. The summed E-state index contributed by atoms with van der Waals surface area (Å²) in [4.78, 5) is 11.7. The summed E-state index contributed by atoms with van der Waals surface area (Å²) in [6.07, 6.45) is 4.30. The maximum atomic E-state index is 11.7. The minimum absolute atomic E-state index is 0.0278. The third kappa shape index (κ3) is 4.21. The van der Waals surface area contributed by atoms with E-state index < -0.39 is 0 Å². The molecule has 0 amide bonds. The quantitative estimate of drug-likeness (QED) is 0.474. The molecule has 21 heavy (non-hydrogen) atoms. The topological polar surface area (TPSA) is 35.5 Å². The number of carbonyl (C=O) groups excluding carboxylic acids is 1. The second kappa shape index (κ2) is 7.46. The van der Waals surface area contributed by atoms with Crippen LogP contribution >= 0.6 is 0 Å². The molecule has 0 aromatic heterocycles. The van der Waals surface area contributed by atoms with Crippen molar-refractivity contribution in [3.05, 3.63) is 48.0 Å². The highest BCUT2D eigenvalue weighted by atomic mass is 16.5. The van der Waals surface area contributed by atoms with E-state index in [1.807, 2.05) is 36.4 Å². The minimum atomic E-state index is -0.319. The Morgan fingerprint density at radius 1 is 1.38 bits per heavy atom. The molecule has 0 aliphatic heterocycles. The van der Waals surface area contributed by atoms with E-state index in [9.17, 15) is 4.79 Å². The molecule has 0 spiro atoms. The average Bonchev–Trinajstić information content (AvgIpc) is 2.77. The van der Waals surface area contributed by atoms with E-state index in [1.165, 1.54) is 6.08 Å². The number of allylic oxidation sites excluding steroid dienone is 1. The van der Waals surface area contributed by atoms with E-state index in [0.717, 1.165) is 12.0 Å². The lowest BCUT2D eigenvalue weighted by Crippen LogP contribution is -2.20. The molecular formula is C17H21BO3. The van der Waals surface area contributed by atoms with Crippen LogP contribution in [0.1, 0.15) is 18.9 Å². The molecular weight excluding hydrogens is 263 g/mol. The van der Waals surface area contributed by atoms with Gasteiger partial charge >= 0.3 is 5.97 Å². The van der Waals surface area contributed by atoms with Gasteiger partial charge in [-0.05, 0) is 23.8 Å². The molecule has 110 valence electrons. The van der Waals surface area contributed by atoms with Crippen molar-refractivity contribution in [2.75, 3.05) is 7.11 Å². The lowest BCUT2D eigenvalue weighted by Gasteiger charge is -2.19. The Balaban J connectivity index is 1.82. The fourth-order valence-electron chi connectivity index (χ4n) is 2.92. The van der Waals surface area contributed by atoms with Gasteiger partial charge < -0.3 is 9.47 Å². The Morgan fingerprint density at radius 3 is 2.71 bits per heavy atom. The van der Waals surface area contributed by atoms with Crippen LogP contribution in [0.25, 0.3) is 0 Å². The third-order valence-corrected chi connectivity index (χ3v) is 4.14. The van der Waals surface area contributed by atoms with Crippen LogP contribution in [0.3, 0.4) is 0 Å². The zero-order valence-electron chi connectivity index (χ0n) is 12.6. The summed E-state index contributed by atoms with van der Waals surface area (Å²) in [5.74, 6) is 0.276. The fraction of sp³-hybridized carbons (Fsp3) is 0.471. The van der Waals surface area contributed by atoms with E-state index in [0.29, 0.717) is 12.5 Å². The molecule has 1 aromatic rings. The van der Waals surface area contributed by atoms with Gasteiger partial charge in [-0.25, -0.2) is 4.79 Å². The van der Waals surface area contributed by atoms with Crippen LogP contribution in [0.5, 0.6) is 0 Å². The second-order valence-electron chi connectivity index (χ2n) is 5.58. The van der Waals surface area contributed by atoms with Crippen molar-refractivity contribution < 1.29 is 14.3 Å². The van der Waals surface area contributed by atoms with Gasteiger partial charge in [-0.15, -0.1) is 0 Å². The van der Waals surface area contributed by atoms with Crippen molar-refractivity contribution in [2.24, 2.45) is 11.8 Å². The lowest BCUT2D eigenvalue weighted by atomic mass is 9.83. The lowest BCUT2D eigenvalue weighted by molar-refractivity contribution is -0.139. The van der Waals surface area contributed by atoms with Gasteiger partial charge in [-0.3, -0.25) is 0 Å². The average molecular weight is 284 g/mol. The van der Waals surface area contributed by atoms with Gasteiger partial charge in [0, 0.05) is 13.2 Å². The molecule has 2 rings (SSSR count). The molecule has 0 heterocycles. The van der Waals surface area contributed by atoms with E-state index in [4.69, 9.17) is 17.3 Å². The molecule has 1 aliphatic rings. The molecule has 3 nitrogen and oxygen atoms in total. The molecule has 1 aromatic carbocycles. The summed E-state index contributed by atoms with van der Waals surface area (Å²) in [5, 5.41) is 0. The highest BCUT2D eigenvalue weighted by molar-refractivity contribution is 6.12. The Labute approximate surface area is 127 Å². The van der Waals surface area contributed by atoms with E-state index in [-0.39, 0.29) is 23.8 Å². The predicted molar refractivity (Wildman–Crippen MR) is 83.0 cm³/mol. The molecule has 2 radical (unpaired) electrons. The monoisotopic (exact) mass is 284 g/mol. The first-order chi connectivity index (χ1) is 10.1. The maximum Gasteiger partial charge on any atom is 0.330 e. The highest BCUT2D eigenvalue weighted by Gasteiger charge is 2.36. The Morgan fingerprint density at radius 2 is 2.10 bits per heavy atom. The fourth-order valence-corrected chi connectivity index (χ4v) is 2.92. The summed E-state index contributed by atoms with van der Waals surface area (Å²) in [7, 11) is 7.72. The smallest absolute Gasteiger partial charge is 0.330 e. The van der Waals surface area contributed by atoms with E-state index in [1.54, 1.807) is 7.11 Å². The summed E-state index contributed by atoms with van der Waals surface area (Å²) >= 11 is 0. The number of benzene rings is 1. The summed E-state index contributed by atoms with van der Waals surface area (Å²) < 4.78 is 10.6. The van der Waals surface area contributed by atoms with Crippen LogP contribution in [-0.4, -0.2) is 27.0 Å². The predicted octanol–water partition coefficient (Wildman–Crippen LogP) is 2.91. The van der Waals surface area contributed by atoms with Gasteiger partial charge in [0.25, 0.3) is 0 Å². The van der Waals surface area contributed by atoms with Gasteiger partial charge in [0.15, 0.2) is 0 Å². The SMILES string of the molecule is [B][C@@H]1C[C@H](/C=C/C(=O)OCc2ccccc2)[C@@H](C)[C@H]1OC. The first-order valence-electron chi connectivity index (χ1n) is 7.29.